The summed E-state index contributed by atoms with van der Waals surface area (Å²) in [6, 6.07) is 5.70. The van der Waals surface area contributed by atoms with Crippen molar-refractivity contribution in [1.82, 2.24) is 20.3 Å². The van der Waals surface area contributed by atoms with Crippen LogP contribution >= 0.6 is 0 Å². The molecular weight excluding hydrogens is 264 g/mol. The maximum atomic E-state index is 11.8. The van der Waals surface area contributed by atoms with E-state index in [9.17, 15) is 4.79 Å². The number of carbonyl (C=O) groups is 1. The monoisotopic (exact) mass is 280 g/mol. The van der Waals surface area contributed by atoms with Gasteiger partial charge in [-0.2, -0.15) is 0 Å². The summed E-state index contributed by atoms with van der Waals surface area (Å²) in [5.74, 6) is 0.443. The van der Waals surface area contributed by atoms with Crippen LogP contribution in [0.25, 0.3) is 6.08 Å². The Balaban J connectivity index is 1.53. The Hall–Kier alpha value is -2.56. The Morgan fingerprint density at radius 1 is 1.38 bits per heavy atom. The maximum Gasteiger partial charge on any atom is 0.244 e. The third-order valence-electron chi connectivity index (χ3n) is 3.30. The fourth-order valence-corrected chi connectivity index (χ4v) is 2.00. The lowest BCUT2D eigenvalue weighted by atomic mass is 10.2. The van der Waals surface area contributed by atoms with E-state index in [0.717, 1.165) is 17.0 Å². The Morgan fingerprint density at radius 2 is 2.29 bits per heavy atom. The molecule has 1 fully saturated rings. The number of nitrogens with zero attached hydrogens (tertiary/aromatic N) is 3. The molecule has 0 bridgehead atoms. The quantitative estimate of drug-likeness (QED) is 0.851. The van der Waals surface area contributed by atoms with Gasteiger partial charge in [0.25, 0.3) is 0 Å². The zero-order chi connectivity index (χ0) is 14.5. The number of carbonyl (C=O) groups excluding carboxylic acids is 1. The lowest BCUT2D eigenvalue weighted by Gasteiger charge is -2.03. The van der Waals surface area contributed by atoms with Crippen LogP contribution in [-0.4, -0.2) is 20.9 Å². The molecule has 0 aliphatic heterocycles. The molecule has 1 N–H and O–H groups in total. The van der Waals surface area contributed by atoms with Gasteiger partial charge in [-0.05, 0) is 36.6 Å². The van der Waals surface area contributed by atoms with E-state index >= 15 is 0 Å². The van der Waals surface area contributed by atoms with Gasteiger partial charge in [0.15, 0.2) is 0 Å². The Bertz CT molecular complexity index is 650. The first kappa shape index (κ1) is 13.4. The summed E-state index contributed by atoms with van der Waals surface area (Å²) in [6.07, 6.45) is 10.6. The lowest BCUT2D eigenvalue weighted by molar-refractivity contribution is -0.116. The van der Waals surface area contributed by atoms with Gasteiger partial charge < -0.3 is 5.32 Å². The summed E-state index contributed by atoms with van der Waals surface area (Å²) < 4.78 is 0. The van der Waals surface area contributed by atoms with E-state index in [2.05, 4.69) is 20.3 Å². The van der Waals surface area contributed by atoms with Gasteiger partial charge in [-0.3, -0.25) is 9.78 Å². The van der Waals surface area contributed by atoms with Crippen molar-refractivity contribution in [3.8, 4) is 0 Å². The molecule has 0 saturated heterocycles. The first-order chi connectivity index (χ1) is 10.3. The molecule has 0 atom stereocenters. The van der Waals surface area contributed by atoms with Gasteiger partial charge in [-0.15, -0.1) is 0 Å². The SMILES string of the molecule is O=C(/C=C/c1cccnc1)NCc1cc(C2CC2)ncn1. The van der Waals surface area contributed by atoms with Crippen LogP contribution in [0.15, 0.2) is 43.0 Å². The molecule has 0 unspecified atom stereocenters. The van der Waals surface area contributed by atoms with Crippen LogP contribution in [-0.2, 0) is 11.3 Å². The second kappa shape index (κ2) is 6.26. The third kappa shape index (κ3) is 3.95. The highest BCUT2D eigenvalue weighted by molar-refractivity contribution is 5.91. The maximum absolute atomic E-state index is 11.8. The van der Waals surface area contributed by atoms with Gasteiger partial charge in [0, 0.05) is 30.1 Å². The molecule has 1 aliphatic carbocycles. The molecule has 2 aromatic rings. The minimum Gasteiger partial charge on any atom is -0.347 e. The Morgan fingerprint density at radius 3 is 3.05 bits per heavy atom. The van der Waals surface area contributed by atoms with E-state index < -0.39 is 0 Å². The molecule has 2 heterocycles. The average molecular weight is 280 g/mol. The van der Waals surface area contributed by atoms with Crippen molar-refractivity contribution < 1.29 is 4.79 Å². The van der Waals surface area contributed by atoms with Gasteiger partial charge in [0.2, 0.25) is 5.91 Å². The number of hydrogen-bond acceptors (Lipinski definition) is 4. The number of amides is 1. The average Bonchev–Trinajstić information content (AvgIpc) is 3.37. The van der Waals surface area contributed by atoms with Gasteiger partial charge in [0.05, 0.1) is 12.2 Å². The molecule has 3 rings (SSSR count). The van der Waals surface area contributed by atoms with Gasteiger partial charge in [0.1, 0.15) is 6.33 Å². The molecule has 0 spiro atoms. The normalized spacial score (nSPS) is 14.3. The van der Waals surface area contributed by atoms with E-state index in [1.807, 2.05) is 18.2 Å². The van der Waals surface area contributed by atoms with Crippen molar-refractivity contribution in [1.29, 1.82) is 0 Å². The van der Waals surface area contributed by atoms with E-state index in [1.165, 1.54) is 18.9 Å². The van der Waals surface area contributed by atoms with Crippen LogP contribution in [0.2, 0.25) is 0 Å². The van der Waals surface area contributed by atoms with Gasteiger partial charge in [-0.1, -0.05) is 6.07 Å². The van der Waals surface area contributed by atoms with Crippen molar-refractivity contribution in [2.75, 3.05) is 0 Å². The smallest absolute Gasteiger partial charge is 0.244 e. The van der Waals surface area contributed by atoms with Gasteiger partial charge >= 0.3 is 0 Å². The summed E-state index contributed by atoms with van der Waals surface area (Å²) in [7, 11) is 0. The predicted octanol–water partition coefficient (Wildman–Crippen LogP) is 2.08. The summed E-state index contributed by atoms with van der Waals surface area (Å²) >= 11 is 0. The van der Waals surface area contributed by atoms with E-state index in [1.54, 1.807) is 24.8 Å². The van der Waals surface area contributed by atoms with Crippen LogP contribution in [0, 0.1) is 0 Å². The topological polar surface area (TPSA) is 67.8 Å². The van der Waals surface area contributed by atoms with Crippen molar-refractivity contribution in [3.63, 3.8) is 0 Å². The first-order valence-corrected chi connectivity index (χ1v) is 6.98. The molecule has 0 radical (unpaired) electrons. The van der Waals surface area contributed by atoms with Crippen LogP contribution in [0.5, 0.6) is 0 Å². The number of pyridine rings is 1. The minimum atomic E-state index is -0.148. The third-order valence-corrected chi connectivity index (χ3v) is 3.30. The van der Waals surface area contributed by atoms with Crippen molar-refractivity contribution in [3.05, 3.63) is 59.9 Å². The second-order valence-corrected chi connectivity index (χ2v) is 5.05. The van der Waals surface area contributed by atoms with E-state index in [4.69, 9.17) is 0 Å². The molecule has 1 saturated carbocycles. The molecule has 5 nitrogen and oxygen atoms in total. The zero-order valence-corrected chi connectivity index (χ0v) is 11.6. The lowest BCUT2D eigenvalue weighted by Crippen LogP contribution is -2.21. The fraction of sp³-hybridized carbons (Fsp3) is 0.250. The van der Waals surface area contributed by atoms with Crippen molar-refractivity contribution >= 4 is 12.0 Å². The van der Waals surface area contributed by atoms with E-state index in [0.29, 0.717) is 12.5 Å². The number of rotatable bonds is 5. The van der Waals surface area contributed by atoms with Crippen molar-refractivity contribution in [2.45, 2.75) is 25.3 Å². The molecule has 1 aliphatic rings. The van der Waals surface area contributed by atoms with Crippen molar-refractivity contribution in [2.24, 2.45) is 0 Å². The Labute approximate surface area is 123 Å². The summed E-state index contributed by atoms with van der Waals surface area (Å²) in [4.78, 5) is 24.2. The largest absolute Gasteiger partial charge is 0.347 e. The Kier molecular flexibility index (Phi) is 4.00. The molecule has 21 heavy (non-hydrogen) atoms. The molecule has 1 amide bonds. The standard InChI is InChI=1S/C16H16N4O/c21-16(6-3-12-2-1-7-17-9-12)18-10-14-8-15(13-4-5-13)20-11-19-14/h1-3,6-9,11,13H,4-5,10H2,(H,18,21)/b6-3+. The van der Waals surface area contributed by atoms with Gasteiger partial charge in [-0.25, -0.2) is 9.97 Å². The molecular formula is C16H16N4O. The zero-order valence-electron chi connectivity index (χ0n) is 11.6. The summed E-state index contributed by atoms with van der Waals surface area (Å²) in [6.45, 7) is 0.415. The highest BCUT2D eigenvalue weighted by Crippen LogP contribution is 2.38. The molecule has 5 heteroatoms. The number of aromatic nitrogens is 3. The predicted molar refractivity (Wildman–Crippen MR) is 79.1 cm³/mol. The minimum absolute atomic E-state index is 0.148. The summed E-state index contributed by atoms with van der Waals surface area (Å²) in [5, 5.41) is 2.82. The van der Waals surface area contributed by atoms with E-state index in [-0.39, 0.29) is 5.91 Å². The molecule has 106 valence electrons. The summed E-state index contributed by atoms with van der Waals surface area (Å²) in [5.41, 5.74) is 2.82. The number of hydrogen-bond donors (Lipinski definition) is 1. The first-order valence-electron chi connectivity index (χ1n) is 6.98. The number of nitrogens with one attached hydrogen (secondary N) is 1. The highest BCUT2D eigenvalue weighted by atomic mass is 16.1. The molecule has 2 aromatic heterocycles. The second-order valence-electron chi connectivity index (χ2n) is 5.05. The van der Waals surface area contributed by atoms with Crippen LogP contribution in [0.3, 0.4) is 0 Å². The highest BCUT2D eigenvalue weighted by Gasteiger charge is 2.25. The van der Waals surface area contributed by atoms with Crippen LogP contribution in [0.1, 0.15) is 35.7 Å². The van der Waals surface area contributed by atoms with Crippen LogP contribution in [0.4, 0.5) is 0 Å². The molecule has 0 aromatic carbocycles. The fourth-order valence-electron chi connectivity index (χ4n) is 2.00. The van der Waals surface area contributed by atoms with Crippen LogP contribution < -0.4 is 5.32 Å².